The van der Waals surface area contributed by atoms with E-state index in [-0.39, 0.29) is 12.1 Å². The molecule has 0 radical (unpaired) electrons. The number of aliphatic imine (C=N–C) groups is 1. The summed E-state index contributed by atoms with van der Waals surface area (Å²) < 4.78 is 6.38. The lowest BCUT2D eigenvalue weighted by atomic mass is 10.2. The standard InChI is InChI=1S/C18H27BrN4O2/c1-18(2,3)25-17(24)22-15-8-9-23(12-15)16(20-4)21-11-13-6-5-7-14(19)10-13/h5-7,10,15H,8-9,11-12H2,1-4H3,(H,20,21)(H,22,24). The van der Waals surface area contributed by atoms with Gasteiger partial charge in [-0.2, -0.15) is 0 Å². The highest BCUT2D eigenvalue weighted by Crippen LogP contribution is 2.13. The average molecular weight is 411 g/mol. The second kappa shape index (κ2) is 8.56. The highest BCUT2D eigenvalue weighted by molar-refractivity contribution is 9.10. The molecule has 1 aromatic carbocycles. The summed E-state index contributed by atoms with van der Waals surface area (Å²) in [6.07, 6.45) is 0.507. The van der Waals surface area contributed by atoms with E-state index in [9.17, 15) is 4.79 Å². The van der Waals surface area contributed by atoms with E-state index in [1.165, 1.54) is 5.56 Å². The molecule has 1 heterocycles. The SMILES string of the molecule is CN=C(NCc1cccc(Br)c1)N1CCC(NC(=O)OC(C)(C)C)C1. The highest BCUT2D eigenvalue weighted by Gasteiger charge is 2.27. The Balaban J connectivity index is 1.83. The monoisotopic (exact) mass is 410 g/mol. The zero-order valence-electron chi connectivity index (χ0n) is 15.3. The van der Waals surface area contributed by atoms with Crippen LogP contribution in [0.1, 0.15) is 32.8 Å². The minimum atomic E-state index is -0.482. The van der Waals surface area contributed by atoms with Crippen LogP contribution in [0.2, 0.25) is 0 Å². The second-order valence-electron chi connectivity index (χ2n) is 7.11. The van der Waals surface area contributed by atoms with Gasteiger partial charge in [-0.15, -0.1) is 0 Å². The predicted octanol–water partition coefficient (Wildman–Crippen LogP) is 3.12. The van der Waals surface area contributed by atoms with Gasteiger partial charge in [-0.3, -0.25) is 4.99 Å². The van der Waals surface area contributed by atoms with Crippen LogP contribution in [0.15, 0.2) is 33.7 Å². The quantitative estimate of drug-likeness (QED) is 0.593. The third kappa shape index (κ3) is 6.57. The van der Waals surface area contributed by atoms with E-state index in [1.54, 1.807) is 7.05 Å². The number of nitrogens with zero attached hydrogens (tertiary/aromatic N) is 2. The summed E-state index contributed by atoms with van der Waals surface area (Å²) in [5.74, 6) is 0.841. The van der Waals surface area contributed by atoms with Gasteiger partial charge >= 0.3 is 6.09 Å². The number of hydrogen-bond acceptors (Lipinski definition) is 3. The van der Waals surface area contributed by atoms with Gasteiger partial charge < -0.3 is 20.3 Å². The topological polar surface area (TPSA) is 66.0 Å². The lowest BCUT2D eigenvalue weighted by molar-refractivity contribution is 0.0507. The maximum atomic E-state index is 11.9. The lowest BCUT2D eigenvalue weighted by Gasteiger charge is -2.23. The van der Waals surface area contributed by atoms with Gasteiger partial charge in [-0.1, -0.05) is 28.1 Å². The molecular weight excluding hydrogens is 384 g/mol. The Kier molecular flexibility index (Phi) is 6.70. The Hall–Kier alpha value is -1.76. The van der Waals surface area contributed by atoms with Crippen LogP contribution in [0.5, 0.6) is 0 Å². The second-order valence-corrected chi connectivity index (χ2v) is 8.02. The van der Waals surface area contributed by atoms with Crippen LogP contribution < -0.4 is 10.6 Å². The van der Waals surface area contributed by atoms with Crippen molar-refractivity contribution in [1.82, 2.24) is 15.5 Å². The van der Waals surface area contributed by atoms with Crippen LogP contribution in [0.25, 0.3) is 0 Å². The van der Waals surface area contributed by atoms with Gasteiger partial charge in [0.2, 0.25) is 0 Å². The summed E-state index contributed by atoms with van der Waals surface area (Å²) in [6, 6.07) is 8.24. The van der Waals surface area contributed by atoms with Crippen molar-refractivity contribution in [2.75, 3.05) is 20.1 Å². The van der Waals surface area contributed by atoms with E-state index in [0.29, 0.717) is 6.54 Å². The van der Waals surface area contributed by atoms with Crippen molar-refractivity contribution in [2.45, 2.75) is 45.4 Å². The molecule has 7 heteroatoms. The third-order valence-corrected chi connectivity index (χ3v) is 4.25. The smallest absolute Gasteiger partial charge is 0.407 e. The number of hydrogen-bond donors (Lipinski definition) is 2. The maximum absolute atomic E-state index is 11.9. The number of halogens is 1. The van der Waals surface area contributed by atoms with E-state index >= 15 is 0 Å². The number of benzene rings is 1. The molecule has 1 unspecified atom stereocenters. The minimum Gasteiger partial charge on any atom is -0.444 e. The third-order valence-electron chi connectivity index (χ3n) is 3.76. The zero-order chi connectivity index (χ0) is 18.4. The van der Waals surface area contributed by atoms with Gasteiger partial charge in [0.05, 0.1) is 6.04 Å². The molecule has 0 spiro atoms. The summed E-state index contributed by atoms with van der Waals surface area (Å²) in [5, 5.41) is 6.31. The van der Waals surface area contributed by atoms with E-state index in [2.05, 4.69) is 48.6 Å². The summed E-state index contributed by atoms with van der Waals surface area (Å²) >= 11 is 3.48. The Morgan fingerprint density at radius 2 is 2.20 bits per heavy atom. The van der Waals surface area contributed by atoms with Crippen LogP contribution in [0.4, 0.5) is 4.79 Å². The number of carbonyl (C=O) groups is 1. The van der Waals surface area contributed by atoms with Gasteiger partial charge in [-0.05, 0) is 44.9 Å². The molecule has 1 aromatic rings. The Morgan fingerprint density at radius 1 is 1.44 bits per heavy atom. The molecule has 0 bridgehead atoms. The molecule has 1 atom stereocenters. The van der Waals surface area contributed by atoms with E-state index in [4.69, 9.17) is 4.74 Å². The Morgan fingerprint density at radius 3 is 2.84 bits per heavy atom. The van der Waals surface area contributed by atoms with Gasteiger partial charge in [-0.25, -0.2) is 4.79 Å². The van der Waals surface area contributed by atoms with Crippen molar-refractivity contribution < 1.29 is 9.53 Å². The van der Waals surface area contributed by atoms with Crippen molar-refractivity contribution in [3.05, 3.63) is 34.3 Å². The molecule has 1 aliphatic rings. The van der Waals surface area contributed by atoms with E-state index in [0.717, 1.165) is 29.9 Å². The Bertz CT molecular complexity index is 628. The first-order chi connectivity index (χ1) is 11.8. The highest BCUT2D eigenvalue weighted by atomic mass is 79.9. The first kappa shape index (κ1) is 19.6. The molecule has 1 saturated heterocycles. The maximum Gasteiger partial charge on any atom is 0.407 e. The lowest BCUT2D eigenvalue weighted by Crippen LogP contribution is -2.44. The average Bonchev–Trinajstić information content (AvgIpc) is 2.94. The molecule has 0 aliphatic carbocycles. The molecule has 0 saturated carbocycles. The molecule has 138 valence electrons. The summed E-state index contributed by atoms with van der Waals surface area (Å²) in [7, 11) is 1.78. The van der Waals surface area contributed by atoms with Crippen molar-refractivity contribution in [3.63, 3.8) is 0 Å². The van der Waals surface area contributed by atoms with Crippen LogP contribution in [0, 0.1) is 0 Å². The van der Waals surface area contributed by atoms with E-state index < -0.39 is 5.60 Å². The van der Waals surface area contributed by atoms with Gasteiger partial charge in [0.15, 0.2) is 5.96 Å². The van der Waals surface area contributed by atoms with Crippen molar-refractivity contribution in [3.8, 4) is 0 Å². The first-order valence-corrected chi connectivity index (χ1v) is 9.25. The number of alkyl carbamates (subject to hydrolysis) is 1. The van der Waals surface area contributed by atoms with Crippen LogP contribution in [0.3, 0.4) is 0 Å². The van der Waals surface area contributed by atoms with Gasteiger partial charge in [0.1, 0.15) is 5.60 Å². The number of ether oxygens (including phenoxy) is 1. The summed E-state index contributed by atoms with van der Waals surface area (Å²) in [6.45, 7) is 7.85. The number of carbonyl (C=O) groups excluding carboxylic acids is 1. The molecule has 1 aliphatic heterocycles. The van der Waals surface area contributed by atoms with Crippen molar-refractivity contribution >= 4 is 28.0 Å². The molecule has 2 rings (SSSR count). The molecule has 1 amide bonds. The molecule has 2 N–H and O–H groups in total. The first-order valence-electron chi connectivity index (χ1n) is 8.46. The fourth-order valence-electron chi connectivity index (χ4n) is 2.71. The number of guanidine groups is 1. The zero-order valence-corrected chi connectivity index (χ0v) is 16.9. The summed E-state index contributed by atoms with van der Waals surface area (Å²) in [5.41, 5.74) is 0.697. The number of amides is 1. The number of rotatable bonds is 3. The number of nitrogens with one attached hydrogen (secondary N) is 2. The molecule has 1 fully saturated rings. The normalized spacial score (nSPS) is 18.2. The minimum absolute atomic E-state index is 0.0688. The van der Waals surface area contributed by atoms with Crippen molar-refractivity contribution in [1.29, 1.82) is 0 Å². The van der Waals surface area contributed by atoms with Crippen LogP contribution in [-0.2, 0) is 11.3 Å². The predicted molar refractivity (Wildman–Crippen MR) is 104 cm³/mol. The van der Waals surface area contributed by atoms with Gasteiger partial charge in [0.25, 0.3) is 0 Å². The Labute approximate surface area is 158 Å². The van der Waals surface area contributed by atoms with Gasteiger partial charge in [0, 0.05) is 31.2 Å². The summed E-state index contributed by atoms with van der Waals surface area (Å²) in [4.78, 5) is 18.4. The molecule has 25 heavy (non-hydrogen) atoms. The largest absolute Gasteiger partial charge is 0.444 e. The van der Waals surface area contributed by atoms with Crippen LogP contribution >= 0.6 is 15.9 Å². The molecule has 6 nitrogen and oxygen atoms in total. The fourth-order valence-corrected chi connectivity index (χ4v) is 3.15. The molecular formula is C18H27BrN4O2. The molecule has 0 aromatic heterocycles. The van der Waals surface area contributed by atoms with E-state index in [1.807, 2.05) is 32.9 Å². The van der Waals surface area contributed by atoms with Crippen molar-refractivity contribution in [2.24, 2.45) is 4.99 Å². The number of likely N-dealkylation sites (tertiary alicyclic amines) is 1. The fraction of sp³-hybridized carbons (Fsp3) is 0.556. The van der Waals surface area contributed by atoms with Crippen LogP contribution in [-0.4, -0.2) is 48.7 Å².